The summed E-state index contributed by atoms with van der Waals surface area (Å²) < 4.78 is 0. The Hall–Kier alpha value is -3.05. The molecule has 5 nitrogen and oxygen atoms in total. The minimum absolute atomic E-state index is 0.0543. The Kier molecular flexibility index (Phi) is 5.33. The topological polar surface area (TPSA) is 75.1 Å². The summed E-state index contributed by atoms with van der Waals surface area (Å²) in [5.74, 6) is -0.267. The first kappa shape index (κ1) is 18.7. The van der Waals surface area contributed by atoms with E-state index in [1.165, 1.54) is 11.8 Å². The molecule has 2 N–H and O–H groups in total. The van der Waals surface area contributed by atoms with E-state index in [1.54, 1.807) is 30.6 Å². The minimum Gasteiger partial charge on any atom is -0.392 e. The van der Waals surface area contributed by atoms with Gasteiger partial charge in [0.15, 0.2) is 0 Å². The minimum atomic E-state index is -0.267. The summed E-state index contributed by atoms with van der Waals surface area (Å²) in [5.41, 5.74) is 4.25. The van der Waals surface area contributed by atoms with Crippen molar-refractivity contribution in [1.82, 2.24) is 9.97 Å². The Bertz CT molecular complexity index is 944. The third-order valence-corrected chi connectivity index (χ3v) is 4.39. The van der Waals surface area contributed by atoms with Gasteiger partial charge in [-0.2, -0.15) is 0 Å². The number of carbonyl (C=O) groups is 1. The van der Waals surface area contributed by atoms with Gasteiger partial charge in [0, 0.05) is 35.4 Å². The Morgan fingerprint density at radius 3 is 2.48 bits per heavy atom. The van der Waals surface area contributed by atoms with Gasteiger partial charge in [-0.25, -0.2) is 0 Å². The fraction of sp³-hybridized carbons (Fsp3) is 0.227. The second kappa shape index (κ2) is 7.68. The maximum absolute atomic E-state index is 12.8. The summed E-state index contributed by atoms with van der Waals surface area (Å²) in [6.07, 6.45) is 4.77. The molecule has 0 radical (unpaired) electrons. The number of amides is 1. The number of anilines is 1. The number of pyridine rings is 2. The van der Waals surface area contributed by atoms with Gasteiger partial charge in [-0.05, 0) is 35.2 Å². The molecule has 0 atom stereocenters. The number of aliphatic hydroxyl groups is 1. The van der Waals surface area contributed by atoms with Gasteiger partial charge < -0.3 is 10.4 Å². The molecular weight excluding hydrogens is 338 g/mol. The van der Waals surface area contributed by atoms with Crippen molar-refractivity contribution in [1.29, 1.82) is 0 Å². The van der Waals surface area contributed by atoms with Gasteiger partial charge in [0.1, 0.15) is 0 Å². The maximum Gasteiger partial charge on any atom is 0.257 e. The molecule has 3 rings (SSSR count). The van der Waals surface area contributed by atoms with Gasteiger partial charge in [0.2, 0.25) is 0 Å². The second-order valence-corrected chi connectivity index (χ2v) is 7.37. The van der Waals surface area contributed by atoms with Crippen molar-refractivity contribution in [2.24, 2.45) is 0 Å². The lowest BCUT2D eigenvalue weighted by Gasteiger charge is -2.19. The Morgan fingerprint density at radius 1 is 1.07 bits per heavy atom. The van der Waals surface area contributed by atoms with Crippen molar-refractivity contribution in [2.75, 3.05) is 5.32 Å². The molecule has 0 saturated heterocycles. The van der Waals surface area contributed by atoms with Gasteiger partial charge in [0.25, 0.3) is 5.91 Å². The largest absolute Gasteiger partial charge is 0.392 e. The molecule has 27 heavy (non-hydrogen) atoms. The summed E-state index contributed by atoms with van der Waals surface area (Å²) >= 11 is 0. The van der Waals surface area contributed by atoms with Gasteiger partial charge in [-0.15, -0.1) is 0 Å². The molecule has 2 heterocycles. The van der Waals surface area contributed by atoms with E-state index >= 15 is 0 Å². The SMILES string of the molecule is CC(C)(C)c1ccc(NC(=O)c2cnccc2-c2ncccc2CO)cc1. The molecule has 0 saturated carbocycles. The number of benzene rings is 1. The number of nitrogens with zero attached hydrogens (tertiary/aromatic N) is 2. The fourth-order valence-electron chi connectivity index (χ4n) is 2.84. The molecule has 0 fully saturated rings. The van der Waals surface area contributed by atoms with Crippen LogP contribution in [0.2, 0.25) is 0 Å². The van der Waals surface area contributed by atoms with Crippen molar-refractivity contribution in [3.05, 3.63) is 77.7 Å². The van der Waals surface area contributed by atoms with Crippen molar-refractivity contribution in [2.45, 2.75) is 32.8 Å². The van der Waals surface area contributed by atoms with Crippen LogP contribution < -0.4 is 5.32 Å². The average molecular weight is 361 g/mol. The van der Waals surface area contributed by atoms with Crippen LogP contribution in [-0.4, -0.2) is 21.0 Å². The molecule has 0 aliphatic rings. The summed E-state index contributed by atoms with van der Waals surface area (Å²) in [4.78, 5) is 21.3. The van der Waals surface area contributed by atoms with Gasteiger partial charge in [-0.3, -0.25) is 14.8 Å². The van der Waals surface area contributed by atoms with Crippen LogP contribution in [0, 0.1) is 0 Å². The molecule has 0 unspecified atom stereocenters. The van der Waals surface area contributed by atoms with Crippen molar-refractivity contribution in [3.63, 3.8) is 0 Å². The quantitative estimate of drug-likeness (QED) is 0.731. The van der Waals surface area contributed by atoms with E-state index < -0.39 is 0 Å². The molecule has 3 aromatic rings. The predicted molar refractivity (Wildman–Crippen MR) is 106 cm³/mol. The highest BCUT2D eigenvalue weighted by Gasteiger charge is 2.17. The molecule has 2 aromatic heterocycles. The van der Waals surface area contributed by atoms with Gasteiger partial charge >= 0.3 is 0 Å². The van der Waals surface area contributed by atoms with Crippen molar-refractivity contribution >= 4 is 11.6 Å². The standard InChI is InChI=1S/C22H23N3O2/c1-22(2,3)16-6-8-17(9-7-16)25-21(27)19-13-23-12-10-18(19)20-15(14-26)5-4-11-24-20/h4-13,26H,14H2,1-3H3,(H,25,27). The number of hydrogen-bond acceptors (Lipinski definition) is 4. The Labute approximate surface area is 159 Å². The first-order valence-corrected chi connectivity index (χ1v) is 8.81. The number of hydrogen-bond donors (Lipinski definition) is 2. The molecular formula is C22H23N3O2. The molecule has 0 spiro atoms. The fourth-order valence-corrected chi connectivity index (χ4v) is 2.84. The number of aromatic nitrogens is 2. The first-order chi connectivity index (χ1) is 12.9. The number of rotatable bonds is 4. The van der Waals surface area contributed by atoms with Gasteiger partial charge in [-0.1, -0.05) is 39.0 Å². The Balaban J connectivity index is 1.90. The second-order valence-electron chi connectivity index (χ2n) is 7.37. The highest BCUT2D eigenvalue weighted by molar-refractivity contribution is 6.08. The zero-order valence-corrected chi connectivity index (χ0v) is 15.7. The summed E-state index contributed by atoms with van der Waals surface area (Å²) in [7, 11) is 0. The van der Waals surface area contributed by atoms with Crippen LogP contribution in [0.5, 0.6) is 0 Å². The summed E-state index contributed by atoms with van der Waals surface area (Å²) in [5, 5.41) is 12.5. The monoisotopic (exact) mass is 361 g/mol. The molecule has 0 bridgehead atoms. The van der Waals surface area contributed by atoms with Crippen molar-refractivity contribution in [3.8, 4) is 11.3 Å². The van der Waals surface area contributed by atoms with Crippen LogP contribution >= 0.6 is 0 Å². The lowest BCUT2D eigenvalue weighted by molar-refractivity contribution is 0.102. The Morgan fingerprint density at radius 2 is 1.81 bits per heavy atom. The van der Waals surface area contributed by atoms with E-state index in [0.717, 1.165) is 0 Å². The lowest BCUT2D eigenvalue weighted by Crippen LogP contribution is -2.15. The number of nitrogens with one attached hydrogen (secondary N) is 1. The predicted octanol–water partition coefficient (Wildman–Crippen LogP) is 4.19. The van der Waals surface area contributed by atoms with E-state index in [4.69, 9.17) is 0 Å². The summed E-state index contributed by atoms with van der Waals surface area (Å²) in [6.45, 7) is 6.29. The third-order valence-electron chi connectivity index (χ3n) is 4.39. The summed E-state index contributed by atoms with van der Waals surface area (Å²) in [6, 6.07) is 13.1. The average Bonchev–Trinajstić information content (AvgIpc) is 2.67. The molecule has 138 valence electrons. The zero-order chi connectivity index (χ0) is 19.4. The van der Waals surface area contributed by atoms with Crippen molar-refractivity contribution < 1.29 is 9.90 Å². The highest BCUT2D eigenvalue weighted by atomic mass is 16.3. The van der Waals surface area contributed by atoms with Gasteiger partial charge in [0.05, 0.1) is 17.9 Å². The zero-order valence-electron chi connectivity index (χ0n) is 15.7. The first-order valence-electron chi connectivity index (χ1n) is 8.81. The number of aliphatic hydroxyl groups excluding tert-OH is 1. The van der Waals surface area contributed by atoms with Crippen LogP contribution in [0.15, 0.2) is 61.1 Å². The smallest absolute Gasteiger partial charge is 0.257 e. The van der Waals surface area contributed by atoms with Crippen LogP contribution in [0.25, 0.3) is 11.3 Å². The number of carbonyl (C=O) groups excluding carboxylic acids is 1. The van der Waals surface area contributed by atoms with E-state index in [1.807, 2.05) is 24.3 Å². The molecule has 5 heteroatoms. The highest BCUT2D eigenvalue weighted by Crippen LogP contribution is 2.26. The van der Waals surface area contributed by atoms with E-state index in [9.17, 15) is 9.90 Å². The van der Waals surface area contributed by atoms with E-state index in [0.29, 0.717) is 28.1 Å². The van der Waals surface area contributed by atoms with E-state index in [2.05, 4.69) is 36.1 Å². The van der Waals surface area contributed by atoms with E-state index in [-0.39, 0.29) is 17.9 Å². The molecule has 1 amide bonds. The van der Waals surface area contributed by atoms with Crippen LogP contribution in [-0.2, 0) is 12.0 Å². The van der Waals surface area contributed by atoms with Crippen LogP contribution in [0.4, 0.5) is 5.69 Å². The van der Waals surface area contributed by atoms with Crippen LogP contribution in [0.3, 0.4) is 0 Å². The van der Waals surface area contributed by atoms with Crippen LogP contribution in [0.1, 0.15) is 42.3 Å². The molecule has 1 aromatic carbocycles. The maximum atomic E-state index is 12.8. The molecule has 0 aliphatic carbocycles. The lowest BCUT2D eigenvalue weighted by atomic mass is 9.87. The third kappa shape index (κ3) is 4.20. The normalized spacial score (nSPS) is 11.3. The molecule has 0 aliphatic heterocycles.